The van der Waals surface area contributed by atoms with Crippen LogP contribution in [0.5, 0.6) is 0 Å². The Morgan fingerprint density at radius 1 is 1.43 bits per heavy atom. The van der Waals surface area contributed by atoms with Crippen LogP contribution in [0.1, 0.15) is 49.4 Å². The molecule has 1 saturated heterocycles. The van der Waals surface area contributed by atoms with Gasteiger partial charge in [0.1, 0.15) is 11.9 Å². The van der Waals surface area contributed by atoms with Crippen LogP contribution in [0.25, 0.3) is 0 Å². The van der Waals surface area contributed by atoms with E-state index in [9.17, 15) is 10.1 Å². The van der Waals surface area contributed by atoms with E-state index in [2.05, 4.69) is 33.8 Å². The number of amides is 1. The summed E-state index contributed by atoms with van der Waals surface area (Å²) in [5.74, 6) is 0.601. The zero-order valence-electron chi connectivity index (χ0n) is 17.7. The zero-order chi connectivity index (χ0) is 21.5. The average Bonchev–Trinajstić information content (AvgIpc) is 3.45. The summed E-state index contributed by atoms with van der Waals surface area (Å²) in [6, 6.07) is 2.25. The van der Waals surface area contributed by atoms with Gasteiger partial charge >= 0.3 is 0 Å². The highest BCUT2D eigenvalue weighted by molar-refractivity contribution is 8.01. The Hall–Kier alpha value is -2.09. The van der Waals surface area contributed by atoms with Gasteiger partial charge in [-0.2, -0.15) is 5.26 Å². The number of nitrogens with one attached hydrogen (secondary N) is 2. The second-order valence-electron chi connectivity index (χ2n) is 7.28. The van der Waals surface area contributed by atoms with Crippen LogP contribution in [-0.2, 0) is 16.1 Å². The second kappa shape index (κ2) is 10.8. The number of anilines is 2. The number of rotatable bonds is 10. The number of nitriles is 1. The first-order valence-corrected chi connectivity index (χ1v) is 12.0. The number of thioether (sulfide) groups is 1. The fourth-order valence-electron chi connectivity index (χ4n) is 3.36. The normalized spacial score (nSPS) is 15.9. The molecule has 0 aromatic carbocycles. The first-order chi connectivity index (χ1) is 14.5. The minimum Gasteiger partial charge on any atom is -0.376 e. The third-order valence-corrected chi connectivity index (χ3v) is 7.16. The number of ether oxygens (including phenoxy) is 1. The van der Waals surface area contributed by atoms with Gasteiger partial charge in [-0.3, -0.25) is 4.79 Å². The highest BCUT2D eigenvalue weighted by Crippen LogP contribution is 2.29. The van der Waals surface area contributed by atoms with E-state index in [4.69, 9.17) is 4.74 Å². The number of carbonyl (C=O) groups is 1. The Kier molecular flexibility index (Phi) is 8.13. The highest BCUT2D eigenvalue weighted by Gasteiger charge is 2.24. The predicted molar refractivity (Wildman–Crippen MR) is 120 cm³/mol. The maximum Gasteiger partial charge on any atom is 0.235 e. The van der Waals surface area contributed by atoms with E-state index < -0.39 is 0 Å². The van der Waals surface area contributed by atoms with Gasteiger partial charge in [0.2, 0.25) is 11.0 Å². The van der Waals surface area contributed by atoms with E-state index in [0.717, 1.165) is 59.6 Å². The lowest BCUT2D eigenvalue weighted by molar-refractivity contribution is -0.113. The van der Waals surface area contributed by atoms with Crippen LogP contribution < -0.4 is 10.6 Å². The Balaban J connectivity index is 1.63. The van der Waals surface area contributed by atoms with Crippen molar-refractivity contribution >= 4 is 40.0 Å². The van der Waals surface area contributed by atoms with Crippen molar-refractivity contribution in [2.45, 2.75) is 63.4 Å². The average molecular weight is 449 g/mol. The topological polar surface area (TPSA) is 105 Å². The molecule has 1 fully saturated rings. The van der Waals surface area contributed by atoms with E-state index in [1.54, 1.807) is 0 Å². The maximum atomic E-state index is 12.6. The largest absolute Gasteiger partial charge is 0.376 e. The standard InChI is InChI=1S/C20H28N6O2S2/c1-4-5-8-22-19-24-25-20(30-19)29-12-17(27)23-18-16(10-21)13(2)14(3)26(18)11-15-7-6-9-28-15/h15H,4-9,11-12H2,1-3H3,(H,22,24)(H,23,27). The Morgan fingerprint density at radius 3 is 2.97 bits per heavy atom. The van der Waals surface area contributed by atoms with Gasteiger partial charge in [-0.05, 0) is 38.7 Å². The van der Waals surface area contributed by atoms with Gasteiger partial charge in [-0.15, -0.1) is 10.2 Å². The molecule has 1 amide bonds. The number of hydrogen-bond acceptors (Lipinski definition) is 8. The fraction of sp³-hybridized carbons (Fsp3) is 0.600. The molecule has 3 heterocycles. The molecule has 1 atom stereocenters. The van der Waals surface area contributed by atoms with Crippen molar-refractivity contribution in [1.82, 2.24) is 14.8 Å². The van der Waals surface area contributed by atoms with Crippen molar-refractivity contribution in [3.05, 3.63) is 16.8 Å². The molecule has 1 unspecified atom stereocenters. The van der Waals surface area contributed by atoms with Crippen molar-refractivity contribution in [1.29, 1.82) is 5.26 Å². The monoisotopic (exact) mass is 448 g/mol. The van der Waals surface area contributed by atoms with Gasteiger partial charge in [0.15, 0.2) is 4.34 Å². The molecule has 162 valence electrons. The summed E-state index contributed by atoms with van der Waals surface area (Å²) >= 11 is 2.79. The number of unbranched alkanes of at least 4 members (excludes halogenated alkanes) is 1. The summed E-state index contributed by atoms with van der Waals surface area (Å²) in [6.45, 7) is 8.31. The van der Waals surface area contributed by atoms with Crippen LogP contribution in [-0.4, -0.2) is 45.7 Å². The lowest BCUT2D eigenvalue weighted by Gasteiger charge is -2.16. The Bertz CT molecular complexity index is 911. The van der Waals surface area contributed by atoms with Crippen LogP contribution in [0.4, 0.5) is 10.9 Å². The quantitative estimate of drug-likeness (QED) is 0.419. The Labute approximate surface area is 185 Å². The molecule has 10 heteroatoms. The zero-order valence-corrected chi connectivity index (χ0v) is 19.3. The van der Waals surface area contributed by atoms with Crippen LogP contribution >= 0.6 is 23.1 Å². The highest BCUT2D eigenvalue weighted by atomic mass is 32.2. The van der Waals surface area contributed by atoms with E-state index in [1.165, 1.54) is 23.1 Å². The van der Waals surface area contributed by atoms with Crippen molar-refractivity contribution in [3.63, 3.8) is 0 Å². The predicted octanol–water partition coefficient (Wildman–Crippen LogP) is 3.95. The fourth-order valence-corrected chi connectivity index (χ4v) is 4.94. The molecule has 0 radical (unpaired) electrons. The molecule has 0 saturated carbocycles. The SMILES string of the molecule is CCCCNc1nnc(SCC(=O)Nc2c(C#N)c(C)c(C)n2CC2CCCO2)s1. The minimum atomic E-state index is -0.168. The lowest BCUT2D eigenvalue weighted by atomic mass is 10.2. The van der Waals surface area contributed by atoms with Crippen molar-refractivity contribution < 1.29 is 9.53 Å². The molecule has 2 aromatic rings. The number of carbonyl (C=O) groups excluding carboxylic acids is 1. The van der Waals surface area contributed by atoms with Gasteiger partial charge in [0, 0.05) is 18.8 Å². The van der Waals surface area contributed by atoms with E-state index in [0.29, 0.717) is 17.9 Å². The maximum absolute atomic E-state index is 12.6. The summed E-state index contributed by atoms with van der Waals surface area (Å²) < 4.78 is 8.51. The van der Waals surface area contributed by atoms with Crippen molar-refractivity contribution in [3.8, 4) is 6.07 Å². The van der Waals surface area contributed by atoms with Gasteiger partial charge < -0.3 is 19.9 Å². The summed E-state index contributed by atoms with van der Waals surface area (Å²) in [6.07, 6.45) is 4.35. The molecular weight excluding hydrogens is 420 g/mol. The third kappa shape index (κ3) is 5.53. The van der Waals surface area contributed by atoms with Crippen LogP contribution in [0.2, 0.25) is 0 Å². The summed E-state index contributed by atoms with van der Waals surface area (Å²) in [5.41, 5.74) is 2.39. The van der Waals surface area contributed by atoms with Crippen LogP contribution in [0.15, 0.2) is 4.34 Å². The number of nitrogens with zero attached hydrogens (tertiary/aromatic N) is 4. The van der Waals surface area contributed by atoms with Crippen molar-refractivity contribution in [2.75, 3.05) is 29.5 Å². The van der Waals surface area contributed by atoms with Crippen molar-refractivity contribution in [2.24, 2.45) is 0 Å². The first kappa shape index (κ1) is 22.6. The minimum absolute atomic E-state index is 0.118. The molecule has 3 rings (SSSR count). The molecule has 2 aromatic heterocycles. The molecule has 0 spiro atoms. The summed E-state index contributed by atoms with van der Waals surface area (Å²) in [5, 5.41) is 24.8. The van der Waals surface area contributed by atoms with Gasteiger partial charge in [-0.1, -0.05) is 36.4 Å². The molecule has 0 bridgehead atoms. The lowest BCUT2D eigenvalue weighted by Crippen LogP contribution is -2.22. The molecule has 0 aliphatic carbocycles. The molecule has 30 heavy (non-hydrogen) atoms. The van der Waals surface area contributed by atoms with E-state index >= 15 is 0 Å². The van der Waals surface area contributed by atoms with Gasteiger partial charge in [0.25, 0.3) is 0 Å². The first-order valence-electron chi connectivity index (χ1n) is 10.2. The molecule has 8 nitrogen and oxygen atoms in total. The number of aromatic nitrogens is 3. The van der Waals surface area contributed by atoms with Gasteiger partial charge in [0.05, 0.1) is 24.0 Å². The Morgan fingerprint density at radius 2 is 2.27 bits per heavy atom. The molecule has 2 N–H and O–H groups in total. The second-order valence-corrected chi connectivity index (χ2v) is 9.48. The number of hydrogen-bond donors (Lipinski definition) is 2. The van der Waals surface area contributed by atoms with E-state index in [-0.39, 0.29) is 17.8 Å². The molecular formula is C20H28N6O2S2. The third-order valence-electron chi connectivity index (χ3n) is 5.15. The molecule has 1 aliphatic heterocycles. The summed E-state index contributed by atoms with van der Waals surface area (Å²) in [4.78, 5) is 12.6. The van der Waals surface area contributed by atoms with Gasteiger partial charge in [-0.25, -0.2) is 0 Å². The van der Waals surface area contributed by atoms with Crippen LogP contribution in [0.3, 0.4) is 0 Å². The smallest absolute Gasteiger partial charge is 0.235 e. The molecule has 1 aliphatic rings. The van der Waals surface area contributed by atoms with Crippen LogP contribution in [0, 0.1) is 25.2 Å². The summed E-state index contributed by atoms with van der Waals surface area (Å²) in [7, 11) is 0. The van der Waals surface area contributed by atoms with E-state index in [1.807, 2.05) is 18.4 Å².